The maximum absolute atomic E-state index is 11.3. The molecule has 0 aliphatic rings. The number of nitrogens with one attached hydrogen (secondary N) is 1. The first-order valence-corrected chi connectivity index (χ1v) is 6.96. The van der Waals surface area contributed by atoms with E-state index in [4.69, 9.17) is 27.4 Å². The minimum absolute atomic E-state index is 0.284. The van der Waals surface area contributed by atoms with Crippen LogP contribution in [0.15, 0.2) is 30.3 Å². The molecule has 8 nitrogen and oxygen atoms in total. The lowest BCUT2D eigenvalue weighted by Crippen LogP contribution is -2.34. The molecule has 0 amide bonds. The SMILES string of the molecule is CCOC(=O)C(CO)Nc1ccccc1.O=S(=O)(O)O. The van der Waals surface area contributed by atoms with Crippen molar-refractivity contribution in [1.82, 2.24) is 0 Å². The van der Waals surface area contributed by atoms with Gasteiger partial charge in [-0.3, -0.25) is 9.11 Å². The van der Waals surface area contributed by atoms with E-state index in [1.54, 1.807) is 6.92 Å². The first kappa shape index (κ1) is 18.3. The largest absolute Gasteiger partial charge is 0.464 e. The maximum atomic E-state index is 11.3. The monoisotopic (exact) mass is 307 g/mol. The lowest BCUT2D eigenvalue weighted by molar-refractivity contribution is -0.144. The van der Waals surface area contributed by atoms with Gasteiger partial charge in [0.2, 0.25) is 0 Å². The van der Waals surface area contributed by atoms with Crippen molar-refractivity contribution in [2.24, 2.45) is 0 Å². The summed E-state index contributed by atoms with van der Waals surface area (Å²) in [7, 11) is -4.67. The summed E-state index contributed by atoms with van der Waals surface area (Å²) >= 11 is 0. The fraction of sp³-hybridized carbons (Fsp3) is 0.364. The van der Waals surface area contributed by atoms with Crippen molar-refractivity contribution in [1.29, 1.82) is 0 Å². The highest BCUT2D eigenvalue weighted by Crippen LogP contribution is 2.07. The second-order valence-electron chi connectivity index (χ2n) is 3.45. The number of hydrogen-bond acceptors (Lipinski definition) is 6. The van der Waals surface area contributed by atoms with Crippen LogP contribution in [0.3, 0.4) is 0 Å². The Morgan fingerprint density at radius 2 is 1.80 bits per heavy atom. The van der Waals surface area contributed by atoms with Crippen LogP contribution in [0.1, 0.15) is 6.92 Å². The van der Waals surface area contributed by atoms with Crippen molar-refractivity contribution in [3.63, 3.8) is 0 Å². The van der Waals surface area contributed by atoms with E-state index >= 15 is 0 Å². The predicted molar refractivity (Wildman–Crippen MR) is 71.7 cm³/mol. The van der Waals surface area contributed by atoms with E-state index in [1.165, 1.54) is 0 Å². The van der Waals surface area contributed by atoms with Gasteiger partial charge in [0.1, 0.15) is 6.04 Å². The second kappa shape index (κ2) is 9.26. The Morgan fingerprint density at radius 3 is 2.20 bits per heavy atom. The minimum Gasteiger partial charge on any atom is -0.464 e. The van der Waals surface area contributed by atoms with E-state index in [9.17, 15) is 4.79 Å². The normalized spacial score (nSPS) is 11.8. The van der Waals surface area contributed by atoms with Gasteiger partial charge >= 0.3 is 16.4 Å². The molecule has 0 bridgehead atoms. The van der Waals surface area contributed by atoms with Crippen LogP contribution in [0.2, 0.25) is 0 Å². The highest BCUT2D eigenvalue weighted by molar-refractivity contribution is 7.79. The van der Waals surface area contributed by atoms with Gasteiger partial charge in [-0.25, -0.2) is 4.79 Å². The van der Waals surface area contributed by atoms with Crippen LogP contribution in [-0.4, -0.2) is 47.9 Å². The zero-order chi connectivity index (χ0) is 15.6. The molecule has 0 aromatic heterocycles. The standard InChI is InChI=1S/C11H15NO3.H2O4S/c1-2-15-11(14)10(8-13)12-9-6-4-3-5-7-9;1-5(2,3)4/h3-7,10,12-13H,2,8H2,1H3;(H2,1,2,3,4). The molecule has 0 saturated carbocycles. The summed E-state index contributed by atoms with van der Waals surface area (Å²) in [5.74, 6) is -0.441. The molecule has 0 aliphatic heterocycles. The minimum atomic E-state index is -4.67. The number of benzene rings is 1. The average molecular weight is 307 g/mol. The molecule has 1 atom stereocenters. The molecule has 20 heavy (non-hydrogen) atoms. The molecular formula is C11H17NO7S. The molecule has 0 heterocycles. The third kappa shape index (κ3) is 10.3. The molecule has 9 heteroatoms. The van der Waals surface area contributed by atoms with Gasteiger partial charge in [0.05, 0.1) is 13.2 Å². The Labute approximate surface area is 117 Å². The number of aliphatic hydroxyl groups excluding tert-OH is 1. The van der Waals surface area contributed by atoms with E-state index in [-0.39, 0.29) is 6.61 Å². The molecule has 4 N–H and O–H groups in total. The zero-order valence-electron chi connectivity index (χ0n) is 10.8. The second-order valence-corrected chi connectivity index (χ2v) is 4.34. The van der Waals surface area contributed by atoms with Crippen molar-refractivity contribution in [3.8, 4) is 0 Å². The van der Waals surface area contributed by atoms with E-state index in [0.29, 0.717) is 6.61 Å². The molecule has 0 saturated heterocycles. The molecule has 1 rings (SSSR count). The Hall–Kier alpha value is -1.68. The third-order valence-electron chi connectivity index (χ3n) is 1.87. The fourth-order valence-electron chi connectivity index (χ4n) is 1.16. The lowest BCUT2D eigenvalue weighted by atomic mass is 10.2. The Kier molecular flexibility index (Phi) is 8.48. The van der Waals surface area contributed by atoms with Gasteiger partial charge in [-0.15, -0.1) is 0 Å². The highest BCUT2D eigenvalue weighted by Gasteiger charge is 2.17. The van der Waals surface area contributed by atoms with Gasteiger partial charge < -0.3 is 15.2 Å². The number of aliphatic hydroxyl groups is 1. The molecule has 1 unspecified atom stereocenters. The Morgan fingerprint density at radius 1 is 1.30 bits per heavy atom. The van der Waals surface area contributed by atoms with Gasteiger partial charge in [0.15, 0.2) is 0 Å². The van der Waals surface area contributed by atoms with E-state index in [1.807, 2.05) is 30.3 Å². The van der Waals surface area contributed by atoms with E-state index < -0.39 is 22.4 Å². The number of rotatable bonds is 5. The van der Waals surface area contributed by atoms with Crippen LogP contribution in [0, 0.1) is 0 Å². The molecule has 0 radical (unpaired) electrons. The summed E-state index contributed by atoms with van der Waals surface area (Å²) in [5, 5.41) is 11.9. The van der Waals surface area contributed by atoms with Gasteiger partial charge in [0, 0.05) is 5.69 Å². The van der Waals surface area contributed by atoms with Crippen molar-refractivity contribution in [2.75, 3.05) is 18.5 Å². The van der Waals surface area contributed by atoms with Gasteiger partial charge in [-0.05, 0) is 19.1 Å². The number of carbonyl (C=O) groups is 1. The van der Waals surface area contributed by atoms with E-state index in [0.717, 1.165) is 5.69 Å². The summed E-state index contributed by atoms with van der Waals surface area (Å²) < 4.78 is 36.4. The molecule has 1 aromatic carbocycles. The van der Waals surface area contributed by atoms with Crippen molar-refractivity contribution in [3.05, 3.63) is 30.3 Å². The molecule has 0 spiro atoms. The first-order chi connectivity index (χ1) is 9.27. The number of para-hydroxylation sites is 1. The Bertz CT molecular complexity index is 481. The predicted octanol–water partition coefficient (Wildman–Crippen LogP) is 0.370. The van der Waals surface area contributed by atoms with Crippen LogP contribution >= 0.6 is 0 Å². The molecule has 1 aromatic rings. The van der Waals surface area contributed by atoms with Crippen LogP contribution in [-0.2, 0) is 19.9 Å². The number of hydrogen-bond donors (Lipinski definition) is 4. The summed E-state index contributed by atoms with van der Waals surface area (Å²) in [6.07, 6.45) is 0. The van der Waals surface area contributed by atoms with Gasteiger partial charge in [0.25, 0.3) is 0 Å². The maximum Gasteiger partial charge on any atom is 0.394 e. The van der Waals surface area contributed by atoms with Crippen LogP contribution < -0.4 is 5.32 Å². The summed E-state index contributed by atoms with van der Waals surface area (Å²) in [6, 6.07) is 8.52. The molecule has 0 fully saturated rings. The van der Waals surface area contributed by atoms with Crippen LogP contribution in [0.4, 0.5) is 5.69 Å². The first-order valence-electron chi connectivity index (χ1n) is 5.57. The molecular weight excluding hydrogens is 290 g/mol. The number of ether oxygens (including phenoxy) is 1. The molecule has 114 valence electrons. The number of esters is 1. The topological polar surface area (TPSA) is 133 Å². The highest BCUT2D eigenvalue weighted by atomic mass is 32.3. The lowest BCUT2D eigenvalue weighted by Gasteiger charge is -2.15. The molecule has 0 aliphatic carbocycles. The number of carbonyl (C=O) groups excluding carboxylic acids is 1. The van der Waals surface area contributed by atoms with Crippen LogP contribution in [0.5, 0.6) is 0 Å². The fourth-order valence-corrected chi connectivity index (χ4v) is 1.16. The van der Waals surface area contributed by atoms with Crippen molar-refractivity contribution >= 4 is 22.1 Å². The zero-order valence-corrected chi connectivity index (χ0v) is 11.6. The van der Waals surface area contributed by atoms with Crippen LogP contribution in [0.25, 0.3) is 0 Å². The summed E-state index contributed by atoms with van der Waals surface area (Å²) in [5.41, 5.74) is 0.782. The quantitative estimate of drug-likeness (QED) is 0.453. The average Bonchev–Trinajstić information content (AvgIpc) is 2.35. The Balaban J connectivity index is 0.000000621. The third-order valence-corrected chi connectivity index (χ3v) is 1.87. The van der Waals surface area contributed by atoms with Crippen molar-refractivity contribution in [2.45, 2.75) is 13.0 Å². The summed E-state index contributed by atoms with van der Waals surface area (Å²) in [6.45, 7) is 1.76. The van der Waals surface area contributed by atoms with Gasteiger partial charge in [-0.1, -0.05) is 18.2 Å². The van der Waals surface area contributed by atoms with Crippen molar-refractivity contribution < 1.29 is 32.2 Å². The smallest absolute Gasteiger partial charge is 0.394 e. The van der Waals surface area contributed by atoms with Gasteiger partial charge in [-0.2, -0.15) is 8.42 Å². The summed E-state index contributed by atoms with van der Waals surface area (Å²) in [4.78, 5) is 11.3. The van der Waals surface area contributed by atoms with E-state index in [2.05, 4.69) is 5.32 Å². The number of anilines is 1.